The molecule has 2 N–H and O–H groups in total. The minimum absolute atomic E-state index is 0.301. The molecule has 0 spiro atoms. The van der Waals surface area contributed by atoms with Gasteiger partial charge in [0, 0.05) is 5.54 Å². The van der Waals surface area contributed by atoms with Crippen LogP contribution in [0.5, 0.6) is 0 Å². The fourth-order valence-electron chi connectivity index (χ4n) is 2.61. The normalized spacial score (nSPS) is 54.3. The minimum atomic E-state index is 0.301. The van der Waals surface area contributed by atoms with Gasteiger partial charge in [-0.25, -0.2) is 0 Å². The summed E-state index contributed by atoms with van der Waals surface area (Å²) in [7, 11) is 0. The molecular weight excluding hydrogens is 134 g/mol. The van der Waals surface area contributed by atoms with Crippen molar-refractivity contribution in [2.24, 2.45) is 23.5 Å². The molecule has 1 heteroatoms. The van der Waals surface area contributed by atoms with Crippen molar-refractivity contribution in [2.75, 3.05) is 0 Å². The van der Waals surface area contributed by atoms with E-state index in [1.807, 2.05) is 0 Å². The third-order valence-electron chi connectivity index (χ3n) is 3.64. The highest BCUT2D eigenvalue weighted by atomic mass is 14.9. The maximum atomic E-state index is 6.27. The van der Waals surface area contributed by atoms with E-state index in [2.05, 4.69) is 13.8 Å². The van der Waals surface area contributed by atoms with Gasteiger partial charge in [0.25, 0.3) is 0 Å². The molecule has 2 aliphatic carbocycles. The van der Waals surface area contributed by atoms with Crippen LogP contribution in [0.25, 0.3) is 0 Å². The Hall–Kier alpha value is -0.0400. The first-order chi connectivity index (χ1) is 5.18. The Kier molecular flexibility index (Phi) is 1.54. The SMILES string of the molecule is CCCC1CC1(N)C1CC1C. The number of nitrogens with two attached hydrogens (primary N) is 1. The standard InChI is InChI=1S/C10H19N/c1-3-4-8-6-10(8,11)9-5-7(9)2/h7-9H,3-6,11H2,1-2H3. The maximum absolute atomic E-state index is 6.27. The van der Waals surface area contributed by atoms with Crippen molar-refractivity contribution >= 4 is 0 Å². The minimum Gasteiger partial charge on any atom is -0.325 e. The van der Waals surface area contributed by atoms with Crippen LogP contribution in [0.15, 0.2) is 0 Å². The molecule has 2 saturated carbocycles. The van der Waals surface area contributed by atoms with Gasteiger partial charge in [0.05, 0.1) is 0 Å². The molecule has 11 heavy (non-hydrogen) atoms. The lowest BCUT2D eigenvalue weighted by atomic mass is 10.1. The van der Waals surface area contributed by atoms with Crippen LogP contribution in [0.1, 0.15) is 39.5 Å². The van der Waals surface area contributed by atoms with Crippen molar-refractivity contribution in [2.45, 2.75) is 45.1 Å². The van der Waals surface area contributed by atoms with E-state index in [0.29, 0.717) is 5.54 Å². The van der Waals surface area contributed by atoms with Crippen LogP contribution >= 0.6 is 0 Å². The van der Waals surface area contributed by atoms with Crippen LogP contribution in [0.3, 0.4) is 0 Å². The first kappa shape index (κ1) is 7.60. The summed E-state index contributed by atoms with van der Waals surface area (Å²) in [6.07, 6.45) is 5.39. The molecule has 0 aromatic rings. The van der Waals surface area contributed by atoms with Crippen LogP contribution < -0.4 is 5.73 Å². The molecule has 0 heterocycles. The molecule has 0 aliphatic heterocycles. The number of hydrogen-bond acceptors (Lipinski definition) is 1. The zero-order valence-corrected chi connectivity index (χ0v) is 7.64. The lowest BCUT2D eigenvalue weighted by molar-refractivity contribution is 0.483. The predicted octanol–water partition coefficient (Wildman–Crippen LogP) is 2.16. The summed E-state index contributed by atoms with van der Waals surface area (Å²) < 4.78 is 0. The van der Waals surface area contributed by atoms with E-state index >= 15 is 0 Å². The second-order valence-corrected chi connectivity index (χ2v) is 4.62. The highest BCUT2D eigenvalue weighted by Gasteiger charge is 2.61. The highest BCUT2D eigenvalue weighted by molar-refractivity contribution is 5.17. The molecular formula is C10H19N. The van der Waals surface area contributed by atoms with Crippen LogP contribution in [-0.4, -0.2) is 5.54 Å². The molecule has 0 bridgehead atoms. The van der Waals surface area contributed by atoms with E-state index in [1.165, 1.54) is 25.7 Å². The molecule has 0 aromatic carbocycles. The van der Waals surface area contributed by atoms with Crippen molar-refractivity contribution in [3.8, 4) is 0 Å². The summed E-state index contributed by atoms with van der Waals surface area (Å²) in [6, 6.07) is 0. The predicted molar refractivity (Wildman–Crippen MR) is 47.2 cm³/mol. The van der Waals surface area contributed by atoms with Crippen LogP contribution in [-0.2, 0) is 0 Å². The van der Waals surface area contributed by atoms with Gasteiger partial charge in [-0.15, -0.1) is 0 Å². The molecule has 0 aromatic heterocycles. The Balaban J connectivity index is 1.86. The van der Waals surface area contributed by atoms with E-state index in [4.69, 9.17) is 5.73 Å². The molecule has 0 radical (unpaired) electrons. The Labute approximate surface area is 69.4 Å². The zero-order valence-electron chi connectivity index (χ0n) is 7.64. The van der Waals surface area contributed by atoms with Gasteiger partial charge in [0.15, 0.2) is 0 Å². The van der Waals surface area contributed by atoms with Crippen molar-refractivity contribution in [3.05, 3.63) is 0 Å². The van der Waals surface area contributed by atoms with Crippen molar-refractivity contribution in [3.63, 3.8) is 0 Å². The number of hydrogen-bond donors (Lipinski definition) is 1. The summed E-state index contributed by atoms with van der Waals surface area (Å²) in [5.74, 6) is 2.70. The van der Waals surface area contributed by atoms with E-state index in [9.17, 15) is 0 Å². The summed E-state index contributed by atoms with van der Waals surface area (Å²) >= 11 is 0. The third-order valence-corrected chi connectivity index (χ3v) is 3.64. The van der Waals surface area contributed by atoms with Crippen LogP contribution in [0.2, 0.25) is 0 Å². The van der Waals surface area contributed by atoms with Gasteiger partial charge in [-0.2, -0.15) is 0 Å². The van der Waals surface area contributed by atoms with Crippen LogP contribution in [0, 0.1) is 17.8 Å². The maximum Gasteiger partial charge on any atom is 0.0218 e. The first-order valence-electron chi connectivity index (χ1n) is 4.97. The molecule has 2 aliphatic rings. The third kappa shape index (κ3) is 1.10. The molecule has 64 valence electrons. The molecule has 0 saturated heterocycles. The lowest BCUT2D eigenvalue weighted by Gasteiger charge is -2.09. The van der Waals surface area contributed by atoms with Gasteiger partial charge in [0.1, 0.15) is 0 Å². The summed E-state index contributed by atoms with van der Waals surface area (Å²) in [4.78, 5) is 0. The van der Waals surface area contributed by atoms with E-state index in [-0.39, 0.29) is 0 Å². The average Bonchev–Trinajstić information content (AvgIpc) is 2.77. The Morgan fingerprint density at radius 3 is 2.64 bits per heavy atom. The van der Waals surface area contributed by atoms with Gasteiger partial charge in [0.2, 0.25) is 0 Å². The molecule has 2 rings (SSSR count). The van der Waals surface area contributed by atoms with Gasteiger partial charge in [-0.1, -0.05) is 20.3 Å². The Morgan fingerprint density at radius 1 is 1.55 bits per heavy atom. The second kappa shape index (κ2) is 2.22. The largest absolute Gasteiger partial charge is 0.325 e. The van der Waals surface area contributed by atoms with Gasteiger partial charge in [-0.3, -0.25) is 0 Å². The fraction of sp³-hybridized carbons (Fsp3) is 1.00. The monoisotopic (exact) mass is 153 g/mol. The fourth-order valence-corrected chi connectivity index (χ4v) is 2.61. The smallest absolute Gasteiger partial charge is 0.0218 e. The average molecular weight is 153 g/mol. The summed E-state index contributed by atoms with van der Waals surface area (Å²) in [5, 5.41) is 0. The second-order valence-electron chi connectivity index (χ2n) is 4.62. The number of rotatable bonds is 3. The van der Waals surface area contributed by atoms with Gasteiger partial charge < -0.3 is 5.73 Å². The molecule has 2 fully saturated rings. The molecule has 0 amide bonds. The molecule has 4 atom stereocenters. The first-order valence-corrected chi connectivity index (χ1v) is 4.97. The van der Waals surface area contributed by atoms with Gasteiger partial charge >= 0.3 is 0 Å². The van der Waals surface area contributed by atoms with Gasteiger partial charge in [-0.05, 0) is 37.0 Å². The van der Waals surface area contributed by atoms with Crippen molar-refractivity contribution < 1.29 is 0 Å². The summed E-state index contributed by atoms with van der Waals surface area (Å²) in [6.45, 7) is 4.59. The zero-order chi connectivity index (χ0) is 8.06. The Bertz CT molecular complexity index is 166. The van der Waals surface area contributed by atoms with Crippen molar-refractivity contribution in [1.82, 2.24) is 0 Å². The molecule has 4 unspecified atom stereocenters. The quantitative estimate of drug-likeness (QED) is 0.660. The van der Waals surface area contributed by atoms with E-state index in [1.54, 1.807) is 0 Å². The lowest BCUT2D eigenvalue weighted by Crippen LogP contribution is -2.28. The molecule has 1 nitrogen and oxygen atoms in total. The highest BCUT2D eigenvalue weighted by Crippen LogP contribution is 2.60. The van der Waals surface area contributed by atoms with E-state index in [0.717, 1.165) is 17.8 Å². The van der Waals surface area contributed by atoms with Crippen molar-refractivity contribution in [1.29, 1.82) is 0 Å². The Morgan fingerprint density at radius 2 is 2.18 bits per heavy atom. The van der Waals surface area contributed by atoms with Crippen LogP contribution in [0.4, 0.5) is 0 Å². The topological polar surface area (TPSA) is 26.0 Å². The summed E-state index contributed by atoms with van der Waals surface area (Å²) in [5.41, 5.74) is 6.57. The van der Waals surface area contributed by atoms with E-state index < -0.39 is 0 Å².